The summed E-state index contributed by atoms with van der Waals surface area (Å²) in [5.74, 6) is 1.50. The fourth-order valence-electron chi connectivity index (χ4n) is 3.33. The highest BCUT2D eigenvalue weighted by molar-refractivity contribution is 14.1. The first-order valence-corrected chi connectivity index (χ1v) is 12.4. The van der Waals surface area contributed by atoms with E-state index in [0.29, 0.717) is 17.2 Å². The maximum atomic E-state index is 10.2. The molecule has 1 heterocycles. The first kappa shape index (κ1) is 26.7. The van der Waals surface area contributed by atoms with Crippen LogP contribution >= 0.6 is 34.2 Å². The number of ether oxygens (including phenoxy) is 2. The average molecular weight is 602 g/mol. The first-order valence-electron chi connectivity index (χ1n) is 10.8. The molecule has 3 rings (SSSR count). The normalized spacial score (nSPS) is 13.5. The Bertz CT molecular complexity index is 1060. The molecule has 0 radical (unpaired) electrons. The second kappa shape index (κ2) is 12.2. The molecular weight excluding hydrogens is 573 g/mol. The van der Waals surface area contributed by atoms with Gasteiger partial charge in [0.2, 0.25) is 0 Å². The van der Waals surface area contributed by atoms with Crippen LogP contribution in [0.25, 0.3) is 0 Å². The Morgan fingerprint density at radius 1 is 1.03 bits per heavy atom. The van der Waals surface area contributed by atoms with Gasteiger partial charge in [-0.25, -0.2) is 4.68 Å². The van der Waals surface area contributed by atoms with Crippen LogP contribution in [0.15, 0.2) is 48.7 Å². The number of aliphatic hydroxyl groups is 3. The number of halogens is 2. The summed E-state index contributed by atoms with van der Waals surface area (Å²) in [7, 11) is 0. The highest BCUT2D eigenvalue weighted by atomic mass is 127. The van der Waals surface area contributed by atoms with Crippen molar-refractivity contribution in [3.05, 3.63) is 69.1 Å². The molecule has 0 spiro atoms. The molecular formula is C24H29ClIN3O5. The van der Waals surface area contributed by atoms with Crippen molar-refractivity contribution < 1.29 is 24.8 Å². The lowest BCUT2D eigenvalue weighted by Gasteiger charge is -2.27. The van der Waals surface area contributed by atoms with Gasteiger partial charge >= 0.3 is 0 Å². The van der Waals surface area contributed by atoms with Gasteiger partial charge in [-0.1, -0.05) is 37.3 Å². The molecule has 10 heteroatoms. The van der Waals surface area contributed by atoms with Gasteiger partial charge in [0.1, 0.15) is 42.6 Å². The Morgan fingerprint density at radius 3 is 2.32 bits per heavy atom. The maximum Gasteiger partial charge on any atom is 0.132 e. The third-order valence-electron chi connectivity index (χ3n) is 5.43. The summed E-state index contributed by atoms with van der Waals surface area (Å²) in [6.45, 7) is 4.59. The Kier molecular flexibility index (Phi) is 9.55. The van der Waals surface area contributed by atoms with E-state index in [1.54, 1.807) is 6.20 Å². The lowest BCUT2D eigenvalue weighted by molar-refractivity contribution is 0.0888. The van der Waals surface area contributed by atoms with E-state index in [1.807, 2.05) is 36.4 Å². The van der Waals surface area contributed by atoms with Gasteiger partial charge in [-0.2, -0.15) is 0 Å². The van der Waals surface area contributed by atoms with E-state index in [0.717, 1.165) is 14.7 Å². The Morgan fingerprint density at radius 2 is 1.71 bits per heavy atom. The Balaban J connectivity index is 1.59. The second-order valence-electron chi connectivity index (χ2n) is 8.47. The van der Waals surface area contributed by atoms with Gasteiger partial charge in [0.25, 0.3) is 0 Å². The molecule has 3 aromatic rings. The fraction of sp³-hybridized carbons (Fsp3) is 0.417. The van der Waals surface area contributed by atoms with E-state index in [-0.39, 0.29) is 37.7 Å². The molecule has 0 aliphatic carbocycles. The molecule has 0 saturated heterocycles. The summed E-state index contributed by atoms with van der Waals surface area (Å²) < 4.78 is 13.8. The van der Waals surface area contributed by atoms with Gasteiger partial charge in [-0.05, 0) is 58.0 Å². The SMILES string of the molecule is CC(C)(c1ccc(OC[C@@H](O)Cn2cc(CO)nn2)cc1)c1ccc(OC[C@H](O)CCl)c(I)c1. The van der Waals surface area contributed by atoms with E-state index >= 15 is 0 Å². The van der Waals surface area contributed by atoms with Crippen molar-refractivity contribution in [2.75, 3.05) is 19.1 Å². The largest absolute Gasteiger partial charge is 0.491 e. The van der Waals surface area contributed by atoms with E-state index in [9.17, 15) is 10.2 Å². The molecule has 0 amide bonds. The zero-order chi connectivity index (χ0) is 24.7. The van der Waals surface area contributed by atoms with E-state index in [4.69, 9.17) is 26.2 Å². The van der Waals surface area contributed by atoms with Crippen LogP contribution in [0.4, 0.5) is 0 Å². The molecule has 3 N–H and O–H groups in total. The van der Waals surface area contributed by atoms with Gasteiger partial charge in [0.15, 0.2) is 0 Å². The van der Waals surface area contributed by atoms with Crippen molar-refractivity contribution in [2.24, 2.45) is 0 Å². The van der Waals surface area contributed by atoms with Crippen LogP contribution in [0.2, 0.25) is 0 Å². The predicted octanol–water partition coefficient (Wildman–Crippen LogP) is 3.12. The maximum absolute atomic E-state index is 10.2. The lowest BCUT2D eigenvalue weighted by Crippen LogP contribution is -2.24. The Labute approximate surface area is 217 Å². The van der Waals surface area contributed by atoms with Crippen molar-refractivity contribution in [3.8, 4) is 11.5 Å². The van der Waals surface area contributed by atoms with Crippen LogP contribution in [-0.2, 0) is 18.6 Å². The third kappa shape index (κ3) is 7.05. The van der Waals surface area contributed by atoms with Gasteiger partial charge in [0.05, 0.1) is 28.8 Å². The highest BCUT2D eigenvalue weighted by Crippen LogP contribution is 2.35. The zero-order valence-corrected chi connectivity index (χ0v) is 22.0. The fourth-order valence-corrected chi connectivity index (χ4v) is 4.09. The molecule has 0 unspecified atom stereocenters. The van der Waals surface area contributed by atoms with Gasteiger partial charge in [0, 0.05) is 5.41 Å². The average Bonchev–Trinajstić information content (AvgIpc) is 3.29. The van der Waals surface area contributed by atoms with Crippen molar-refractivity contribution in [1.82, 2.24) is 15.0 Å². The van der Waals surface area contributed by atoms with Gasteiger partial charge in [-0.15, -0.1) is 16.7 Å². The molecule has 184 valence electrons. The van der Waals surface area contributed by atoms with Crippen molar-refractivity contribution >= 4 is 34.2 Å². The van der Waals surface area contributed by atoms with Crippen LogP contribution in [0, 0.1) is 3.57 Å². The van der Waals surface area contributed by atoms with Crippen LogP contribution in [0.3, 0.4) is 0 Å². The highest BCUT2D eigenvalue weighted by Gasteiger charge is 2.24. The third-order valence-corrected chi connectivity index (χ3v) is 6.63. The molecule has 8 nitrogen and oxygen atoms in total. The van der Waals surface area contributed by atoms with Gasteiger partial charge < -0.3 is 24.8 Å². The quantitative estimate of drug-likeness (QED) is 0.216. The number of alkyl halides is 1. The van der Waals surface area contributed by atoms with E-state index in [2.05, 4.69) is 52.8 Å². The van der Waals surface area contributed by atoms with Gasteiger partial charge in [-0.3, -0.25) is 0 Å². The predicted molar refractivity (Wildman–Crippen MR) is 137 cm³/mol. The summed E-state index contributed by atoms with van der Waals surface area (Å²) in [5, 5.41) is 36.5. The number of aromatic nitrogens is 3. The molecule has 34 heavy (non-hydrogen) atoms. The molecule has 0 aliphatic rings. The number of nitrogens with zero attached hydrogens (tertiary/aromatic N) is 3. The molecule has 1 aromatic heterocycles. The minimum absolute atomic E-state index is 0.106. The number of hydrogen-bond donors (Lipinski definition) is 3. The molecule has 0 fully saturated rings. The summed E-state index contributed by atoms with van der Waals surface area (Å²) in [4.78, 5) is 0. The minimum Gasteiger partial charge on any atom is -0.491 e. The van der Waals surface area contributed by atoms with E-state index < -0.39 is 12.2 Å². The van der Waals surface area contributed by atoms with Crippen molar-refractivity contribution in [1.29, 1.82) is 0 Å². The van der Waals surface area contributed by atoms with Crippen molar-refractivity contribution in [3.63, 3.8) is 0 Å². The number of aliphatic hydroxyl groups excluding tert-OH is 3. The molecule has 2 aromatic carbocycles. The summed E-state index contributed by atoms with van der Waals surface area (Å²) in [6.07, 6.45) is 0.123. The number of benzene rings is 2. The monoisotopic (exact) mass is 601 g/mol. The number of rotatable bonds is 12. The summed E-state index contributed by atoms with van der Waals surface area (Å²) >= 11 is 7.86. The van der Waals surface area contributed by atoms with Crippen LogP contribution in [0.5, 0.6) is 11.5 Å². The van der Waals surface area contributed by atoms with Crippen molar-refractivity contribution in [2.45, 2.75) is 44.6 Å². The van der Waals surface area contributed by atoms with Crippen LogP contribution in [-0.4, -0.2) is 61.6 Å². The molecule has 2 atom stereocenters. The Hall–Kier alpha value is -1.92. The summed E-state index contributed by atoms with van der Waals surface area (Å²) in [6, 6.07) is 13.8. The molecule has 0 bridgehead atoms. The molecule has 0 aliphatic heterocycles. The van der Waals surface area contributed by atoms with E-state index in [1.165, 1.54) is 4.68 Å². The van der Waals surface area contributed by atoms with Crippen LogP contribution < -0.4 is 9.47 Å². The second-order valence-corrected chi connectivity index (χ2v) is 9.94. The number of hydrogen-bond acceptors (Lipinski definition) is 7. The standard InChI is InChI=1S/C24H29ClIN3O5/c1-24(2,17-5-8-23(22(26)9-17)34-14-19(31)10-25)16-3-6-21(7-4-16)33-15-20(32)12-29-11-18(13-30)27-28-29/h3-9,11,19-20,30-32H,10,12-15H2,1-2H3/t19-,20+/m1/s1. The minimum atomic E-state index is -0.766. The molecule has 0 saturated carbocycles. The lowest BCUT2D eigenvalue weighted by atomic mass is 9.78. The smallest absolute Gasteiger partial charge is 0.132 e. The van der Waals surface area contributed by atoms with Crippen LogP contribution in [0.1, 0.15) is 30.7 Å². The first-order chi connectivity index (χ1) is 16.2. The zero-order valence-electron chi connectivity index (χ0n) is 19.1. The summed E-state index contributed by atoms with van der Waals surface area (Å²) in [5.41, 5.74) is 2.43. The topological polar surface area (TPSA) is 110 Å².